The zero-order valence-electron chi connectivity index (χ0n) is 15.4. The molecule has 5 heteroatoms. The van der Waals surface area contributed by atoms with Gasteiger partial charge < -0.3 is 15.7 Å². The largest absolute Gasteiger partial charge is 0.508 e. The molecule has 0 spiro atoms. The minimum atomic E-state index is -0.245. The molecule has 3 aromatic carbocycles. The fourth-order valence-corrected chi connectivity index (χ4v) is 2.79. The summed E-state index contributed by atoms with van der Waals surface area (Å²) in [6, 6.07) is 24.0. The molecule has 28 heavy (non-hydrogen) atoms. The second kappa shape index (κ2) is 9.37. The molecule has 3 rings (SSSR count). The van der Waals surface area contributed by atoms with Crippen LogP contribution in [0.3, 0.4) is 0 Å². The van der Waals surface area contributed by atoms with Crippen LogP contribution in [0.5, 0.6) is 5.75 Å². The highest BCUT2D eigenvalue weighted by Crippen LogP contribution is 2.19. The number of rotatable bonds is 7. The fourth-order valence-electron chi connectivity index (χ4n) is 2.79. The van der Waals surface area contributed by atoms with Gasteiger partial charge in [0.05, 0.1) is 6.42 Å². The van der Waals surface area contributed by atoms with E-state index in [-0.39, 0.29) is 17.6 Å². The van der Waals surface area contributed by atoms with Gasteiger partial charge in [0, 0.05) is 18.7 Å². The van der Waals surface area contributed by atoms with E-state index in [0.29, 0.717) is 25.1 Å². The summed E-state index contributed by atoms with van der Waals surface area (Å²) >= 11 is 0. The number of carbonyl (C=O) groups excluding carboxylic acids is 2. The van der Waals surface area contributed by atoms with Crippen molar-refractivity contribution in [3.05, 3.63) is 90.0 Å². The zero-order valence-corrected chi connectivity index (χ0v) is 15.4. The van der Waals surface area contributed by atoms with Crippen molar-refractivity contribution in [3.8, 4) is 16.9 Å². The second-order valence-electron chi connectivity index (χ2n) is 6.39. The SMILES string of the molecule is O=C(Cc1ccc(-c2ccccc2)cc1)NCCNC(=O)c1ccc(O)cc1. The van der Waals surface area contributed by atoms with Crippen LogP contribution in [-0.2, 0) is 11.2 Å². The first-order chi connectivity index (χ1) is 13.6. The minimum absolute atomic E-state index is 0.0913. The monoisotopic (exact) mass is 374 g/mol. The summed E-state index contributed by atoms with van der Waals surface area (Å²) in [6.07, 6.45) is 0.293. The van der Waals surface area contributed by atoms with E-state index in [4.69, 9.17) is 0 Å². The molecule has 2 amide bonds. The average molecular weight is 374 g/mol. The van der Waals surface area contributed by atoms with Crippen molar-refractivity contribution in [1.82, 2.24) is 10.6 Å². The smallest absolute Gasteiger partial charge is 0.251 e. The van der Waals surface area contributed by atoms with E-state index in [2.05, 4.69) is 10.6 Å². The number of nitrogens with one attached hydrogen (secondary N) is 2. The summed E-state index contributed by atoms with van der Waals surface area (Å²) in [5.41, 5.74) is 3.65. The van der Waals surface area contributed by atoms with Crippen molar-refractivity contribution >= 4 is 11.8 Å². The summed E-state index contributed by atoms with van der Waals surface area (Å²) in [5, 5.41) is 14.8. The van der Waals surface area contributed by atoms with Gasteiger partial charge in [-0.3, -0.25) is 9.59 Å². The lowest BCUT2D eigenvalue weighted by Crippen LogP contribution is -2.35. The Kier molecular flexibility index (Phi) is 6.41. The summed E-state index contributed by atoms with van der Waals surface area (Å²) < 4.78 is 0. The molecule has 5 nitrogen and oxygen atoms in total. The Balaban J connectivity index is 1.41. The molecule has 0 aromatic heterocycles. The summed E-state index contributed by atoms with van der Waals surface area (Å²) in [4.78, 5) is 24.0. The average Bonchev–Trinajstić information content (AvgIpc) is 2.73. The van der Waals surface area contributed by atoms with E-state index in [0.717, 1.165) is 16.7 Å². The third kappa shape index (κ3) is 5.45. The second-order valence-corrected chi connectivity index (χ2v) is 6.39. The first-order valence-corrected chi connectivity index (χ1v) is 9.10. The molecule has 0 aliphatic rings. The lowest BCUT2D eigenvalue weighted by molar-refractivity contribution is -0.120. The van der Waals surface area contributed by atoms with E-state index in [1.54, 1.807) is 12.1 Å². The third-order valence-corrected chi connectivity index (χ3v) is 4.29. The van der Waals surface area contributed by atoms with Gasteiger partial charge in [-0.05, 0) is 41.0 Å². The normalized spacial score (nSPS) is 10.3. The molecule has 0 radical (unpaired) electrons. The van der Waals surface area contributed by atoms with Crippen LogP contribution in [0.4, 0.5) is 0 Å². The first kappa shape index (κ1) is 19.2. The standard InChI is InChI=1S/C23H22N2O3/c26-21-12-10-20(11-13-21)23(28)25-15-14-24-22(27)16-17-6-8-19(9-7-17)18-4-2-1-3-5-18/h1-13,26H,14-16H2,(H,24,27)(H,25,28). The molecule has 0 saturated heterocycles. The maximum Gasteiger partial charge on any atom is 0.251 e. The topological polar surface area (TPSA) is 78.4 Å². The third-order valence-electron chi connectivity index (χ3n) is 4.29. The maximum absolute atomic E-state index is 12.1. The van der Waals surface area contributed by atoms with Crippen LogP contribution < -0.4 is 10.6 Å². The number of phenols is 1. The van der Waals surface area contributed by atoms with Crippen LogP contribution in [0.1, 0.15) is 15.9 Å². The number of amides is 2. The predicted molar refractivity (Wildman–Crippen MR) is 109 cm³/mol. The Bertz CT molecular complexity index is 920. The van der Waals surface area contributed by atoms with Crippen molar-refractivity contribution in [2.75, 3.05) is 13.1 Å². The van der Waals surface area contributed by atoms with Crippen LogP contribution in [0.25, 0.3) is 11.1 Å². The van der Waals surface area contributed by atoms with Crippen molar-refractivity contribution in [3.63, 3.8) is 0 Å². The van der Waals surface area contributed by atoms with Gasteiger partial charge in [-0.1, -0.05) is 54.6 Å². The zero-order chi connectivity index (χ0) is 19.8. The highest BCUT2D eigenvalue weighted by molar-refractivity contribution is 5.94. The van der Waals surface area contributed by atoms with Gasteiger partial charge in [-0.15, -0.1) is 0 Å². The molecule has 3 N–H and O–H groups in total. The van der Waals surface area contributed by atoms with E-state index in [1.807, 2.05) is 54.6 Å². The quantitative estimate of drug-likeness (QED) is 0.556. The van der Waals surface area contributed by atoms with Crippen molar-refractivity contribution < 1.29 is 14.7 Å². The number of benzene rings is 3. The minimum Gasteiger partial charge on any atom is -0.508 e. The Morgan fingerprint density at radius 3 is 2.00 bits per heavy atom. The van der Waals surface area contributed by atoms with Gasteiger partial charge in [-0.2, -0.15) is 0 Å². The van der Waals surface area contributed by atoms with Gasteiger partial charge in [0.1, 0.15) is 5.75 Å². The van der Waals surface area contributed by atoms with E-state index >= 15 is 0 Å². The molecule has 0 saturated carbocycles. The Hall–Kier alpha value is -3.60. The fraction of sp³-hybridized carbons (Fsp3) is 0.130. The van der Waals surface area contributed by atoms with Gasteiger partial charge in [-0.25, -0.2) is 0 Å². The van der Waals surface area contributed by atoms with Crippen LogP contribution in [0.15, 0.2) is 78.9 Å². The van der Waals surface area contributed by atoms with Crippen molar-refractivity contribution in [1.29, 1.82) is 0 Å². The van der Waals surface area contributed by atoms with Gasteiger partial charge in [0.2, 0.25) is 5.91 Å². The molecule has 142 valence electrons. The number of aromatic hydroxyl groups is 1. The van der Waals surface area contributed by atoms with Crippen molar-refractivity contribution in [2.45, 2.75) is 6.42 Å². The summed E-state index contributed by atoms with van der Waals surface area (Å²) in [6.45, 7) is 0.684. The van der Waals surface area contributed by atoms with Gasteiger partial charge in [0.25, 0.3) is 5.91 Å². The lowest BCUT2D eigenvalue weighted by Gasteiger charge is -2.08. The van der Waals surface area contributed by atoms with Gasteiger partial charge >= 0.3 is 0 Å². The highest BCUT2D eigenvalue weighted by atomic mass is 16.3. The van der Waals surface area contributed by atoms with Crippen LogP contribution in [0.2, 0.25) is 0 Å². The molecule has 0 aliphatic carbocycles. The molecular weight excluding hydrogens is 352 g/mol. The number of phenolic OH excluding ortho intramolecular Hbond substituents is 1. The number of hydrogen-bond donors (Lipinski definition) is 3. The molecule has 3 aromatic rings. The van der Waals surface area contributed by atoms with Crippen LogP contribution in [0, 0.1) is 0 Å². The van der Waals surface area contributed by atoms with Crippen molar-refractivity contribution in [2.24, 2.45) is 0 Å². The van der Waals surface area contributed by atoms with Crippen LogP contribution in [-0.4, -0.2) is 30.0 Å². The molecular formula is C23H22N2O3. The molecule has 0 atom stereocenters. The molecule has 0 unspecified atom stereocenters. The van der Waals surface area contributed by atoms with Crippen LogP contribution >= 0.6 is 0 Å². The first-order valence-electron chi connectivity index (χ1n) is 9.10. The maximum atomic E-state index is 12.1. The van der Waals surface area contributed by atoms with E-state index in [9.17, 15) is 14.7 Å². The Morgan fingerprint density at radius 2 is 1.32 bits per heavy atom. The summed E-state index contributed by atoms with van der Waals surface area (Å²) in [7, 11) is 0. The van der Waals surface area contributed by atoms with E-state index < -0.39 is 0 Å². The number of hydrogen-bond acceptors (Lipinski definition) is 3. The molecule has 0 bridgehead atoms. The molecule has 0 fully saturated rings. The summed E-state index contributed by atoms with van der Waals surface area (Å²) in [5.74, 6) is -0.224. The molecule has 0 aliphatic heterocycles. The Labute approximate surface area is 164 Å². The number of carbonyl (C=O) groups is 2. The van der Waals surface area contributed by atoms with E-state index in [1.165, 1.54) is 12.1 Å². The van der Waals surface area contributed by atoms with Gasteiger partial charge in [0.15, 0.2) is 0 Å². The highest BCUT2D eigenvalue weighted by Gasteiger charge is 2.06. The molecule has 0 heterocycles. The predicted octanol–water partition coefficient (Wildman–Crippen LogP) is 3.15. The Morgan fingerprint density at radius 1 is 0.714 bits per heavy atom. The lowest BCUT2D eigenvalue weighted by atomic mass is 10.0.